The Kier molecular flexibility index (Phi) is 6.46. The number of benzene rings is 1. The highest BCUT2D eigenvalue weighted by Crippen LogP contribution is 2.25. The fourth-order valence-corrected chi connectivity index (χ4v) is 3.38. The molecule has 0 unspecified atom stereocenters. The van der Waals surface area contributed by atoms with Crippen LogP contribution < -0.4 is 10.2 Å². The SMILES string of the molecule is CCN(CC)c1ccc(Nc2cc(C(=O)N3CCOCC3)nc(C)n2)c(C)c1. The highest BCUT2D eigenvalue weighted by molar-refractivity contribution is 5.93. The summed E-state index contributed by atoms with van der Waals surface area (Å²) in [4.78, 5) is 25.6. The summed E-state index contributed by atoms with van der Waals surface area (Å²) in [5, 5.41) is 3.35. The van der Waals surface area contributed by atoms with Crippen molar-refractivity contribution in [1.29, 1.82) is 0 Å². The molecule has 2 aromatic rings. The van der Waals surface area contributed by atoms with Crippen molar-refractivity contribution in [1.82, 2.24) is 14.9 Å². The summed E-state index contributed by atoms with van der Waals surface area (Å²) < 4.78 is 5.33. The number of rotatable bonds is 6. The van der Waals surface area contributed by atoms with Crippen molar-refractivity contribution >= 4 is 23.1 Å². The summed E-state index contributed by atoms with van der Waals surface area (Å²) >= 11 is 0. The van der Waals surface area contributed by atoms with E-state index in [2.05, 4.69) is 59.2 Å². The fourth-order valence-electron chi connectivity index (χ4n) is 3.38. The number of anilines is 3. The first-order valence-electron chi connectivity index (χ1n) is 9.87. The van der Waals surface area contributed by atoms with E-state index in [0.717, 1.165) is 24.3 Å². The van der Waals surface area contributed by atoms with Gasteiger partial charge in [-0.25, -0.2) is 9.97 Å². The molecule has 1 amide bonds. The van der Waals surface area contributed by atoms with Crippen LogP contribution in [0.15, 0.2) is 24.3 Å². The normalized spacial score (nSPS) is 14.1. The molecular formula is C21H29N5O2. The van der Waals surface area contributed by atoms with Gasteiger partial charge in [0.05, 0.1) is 13.2 Å². The van der Waals surface area contributed by atoms with Crippen LogP contribution in [0.2, 0.25) is 0 Å². The molecule has 1 saturated heterocycles. The minimum Gasteiger partial charge on any atom is -0.378 e. The highest BCUT2D eigenvalue weighted by atomic mass is 16.5. The summed E-state index contributed by atoms with van der Waals surface area (Å²) in [6, 6.07) is 8.06. The van der Waals surface area contributed by atoms with Gasteiger partial charge in [0, 0.05) is 43.6 Å². The number of morpholine rings is 1. The molecule has 28 heavy (non-hydrogen) atoms. The number of carbonyl (C=O) groups excluding carboxylic acids is 1. The van der Waals surface area contributed by atoms with Gasteiger partial charge in [0.2, 0.25) is 0 Å². The Morgan fingerprint density at radius 3 is 2.50 bits per heavy atom. The molecule has 0 atom stereocenters. The zero-order valence-corrected chi connectivity index (χ0v) is 17.2. The Labute approximate surface area is 166 Å². The zero-order chi connectivity index (χ0) is 20.1. The first kappa shape index (κ1) is 20.1. The number of nitrogens with one attached hydrogen (secondary N) is 1. The monoisotopic (exact) mass is 383 g/mol. The molecule has 1 aromatic heterocycles. The van der Waals surface area contributed by atoms with Crippen LogP contribution in [0.5, 0.6) is 0 Å². The van der Waals surface area contributed by atoms with Crippen molar-refractivity contribution in [3.63, 3.8) is 0 Å². The van der Waals surface area contributed by atoms with Gasteiger partial charge in [-0.2, -0.15) is 0 Å². The molecule has 1 aromatic carbocycles. The van der Waals surface area contributed by atoms with Gasteiger partial charge in [0.25, 0.3) is 5.91 Å². The largest absolute Gasteiger partial charge is 0.378 e. The number of hydrogen-bond acceptors (Lipinski definition) is 6. The zero-order valence-electron chi connectivity index (χ0n) is 17.2. The average molecular weight is 383 g/mol. The molecule has 0 saturated carbocycles. The van der Waals surface area contributed by atoms with E-state index in [0.29, 0.717) is 43.6 Å². The van der Waals surface area contributed by atoms with Gasteiger partial charge < -0.3 is 19.9 Å². The lowest BCUT2D eigenvalue weighted by Gasteiger charge is -2.26. The molecular weight excluding hydrogens is 354 g/mol. The van der Waals surface area contributed by atoms with E-state index < -0.39 is 0 Å². The van der Waals surface area contributed by atoms with Gasteiger partial charge >= 0.3 is 0 Å². The second kappa shape index (κ2) is 9.01. The Morgan fingerprint density at radius 2 is 1.86 bits per heavy atom. The predicted molar refractivity (Wildman–Crippen MR) is 112 cm³/mol. The lowest BCUT2D eigenvalue weighted by atomic mass is 10.1. The van der Waals surface area contributed by atoms with Gasteiger partial charge in [-0.15, -0.1) is 0 Å². The molecule has 7 nitrogen and oxygen atoms in total. The predicted octanol–water partition coefficient (Wildman–Crippen LogP) is 3.16. The minimum atomic E-state index is -0.0783. The molecule has 0 spiro atoms. The second-order valence-electron chi connectivity index (χ2n) is 6.89. The third kappa shape index (κ3) is 4.59. The van der Waals surface area contributed by atoms with Crippen molar-refractivity contribution < 1.29 is 9.53 Å². The standard InChI is InChI=1S/C21H29N5O2/c1-5-25(6-2)17-7-8-18(15(3)13-17)24-20-14-19(22-16(4)23-20)21(27)26-9-11-28-12-10-26/h7-8,13-14H,5-6,9-12H2,1-4H3,(H,22,23,24). The van der Waals surface area contributed by atoms with Crippen molar-refractivity contribution in [2.24, 2.45) is 0 Å². The maximum atomic E-state index is 12.8. The molecule has 1 fully saturated rings. The molecule has 150 valence electrons. The number of aromatic nitrogens is 2. The van der Waals surface area contributed by atoms with E-state index in [9.17, 15) is 4.79 Å². The van der Waals surface area contributed by atoms with Gasteiger partial charge in [0.15, 0.2) is 0 Å². The first-order valence-corrected chi connectivity index (χ1v) is 9.87. The van der Waals surface area contributed by atoms with Gasteiger partial charge in [-0.05, 0) is 51.5 Å². The Balaban J connectivity index is 1.81. The summed E-state index contributed by atoms with van der Waals surface area (Å²) in [7, 11) is 0. The van der Waals surface area contributed by atoms with E-state index in [-0.39, 0.29) is 5.91 Å². The Bertz CT molecular complexity index is 830. The topological polar surface area (TPSA) is 70.6 Å². The smallest absolute Gasteiger partial charge is 0.272 e. The molecule has 1 aliphatic rings. The third-order valence-corrected chi connectivity index (χ3v) is 4.96. The summed E-state index contributed by atoms with van der Waals surface area (Å²) in [5.74, 6) is 1.12. The summed E-state index contributed by atoms with van der Waals surface area (Å²) in [5.41, 5.74) is 3.71. The molecule has 0 aliphatic carbocycles. The van der Waals surface area contributed by atoms with Gasteiger partial charge in [-0.3, -0.25) is 4.79 Å². The minimum absolute atomic E-state index is 0.0783. The van der Waals surface area contributed by atoms with Crippen molar-refractivity contribution in [3.8, 4) is 0 Å². The second-order valence-corrected chi connectivity index (χ2v) is 6.89. The lowest BCUT2D eigenvalue weighted by Crippen LogP contribution is -2.41. The maximum absolute atomic E-state index is 12.8. The number of amides is 1. The van der Waals surface area contributed by atoms with Gasteiger partial charge in [0.1, 0.15) is 17.3 Å². The van der Waals surface area contributed by atoms with E-state index in [1.807, 2.05) is 0 Å². The van der Waals surface area contributed by atoms with Crippen LogP contribution in [0.25, 0.3) is 0 Å². The lowest BCUT2D eigenvalue weighted by molar-refractivity contribution is 0.0299. The van der Waals surface area contributed by atoms with Crippen LogP contribution in [-0.2, 0) is 4.74 Å². The summed E-state index contributed by atoms with van der Waals surface area (Å²) in [6.07, 6.45) is 0. The fraction of sp³-hybridized carbons (Fsp3) is 0.476. The average Bonchev–Trinajstić information content (AvgIpc) is 2.70. The first-order chi connectivity index (χ1) is 13.5. The summed E-state index contributed by atoms with van der Waals surface area (Å²) in [6.45, 7) is 12.5. The van der Waals surface area contributed by atoms with Crippen molar-refractivity contribution in [3.05, 3.63) is 41.3 Å². The quantitative estimate of drug-likeness (QED) is 0.826. The van der Waals surface area contributed by atoms with E-state index in [4.69, 9.17) is 4.74 Å². The Morgan fingerprint density at radius 1 is 1.14 bits per heavy atom. The number of aryl methyl sites for hydroxylation is 2. The Hall–Kier alpha value is -2.67. The van der Waals surface area contributed by atoms with E-state index in [1.54, 1.807) is 17.9 Å². The molecule has 1 N–H and O–H groups in total. The van der Waals surface area contributed by atoms with Crippen molar-refractivity contribution in [2.45, 2.75) is 27.7 Å². The number of nitrogens with zero attached hydrogens (tertiary/aromatic N) is 4. The van der Waals surface area contributed by atoms with Crippen LogP contribution in [0.4, 0.5) is 17.2 Å². The molecule has 2 heterocycles. The van der Waals surface area contributed by atoms with Crippen LogP contribution in [0, 0.1) is 13.8 Å². The highest BCUT2D eigenvalue weighted by Gasteiger charge is 2.21. The van der Waals surface area contributed by atoms with Crippen molar-refractivity contribution in [2.75, 3.05) is 49.6 Å². The van der Waals surface area contributed by atoms with Crippen LogP contribution in [0.1, 0.15) is 35.7 Å². The molecule has 3 rings (SSSR count). The molecule has 1 aliphatic heterocycles. The van der Waals surface area contributed by atoms with E-state index in [1.165, 1.54) is 5.69 Å². The van der Waals surface area contributed by atoms with E-state index >= 15 is 0 Å². The number of ether oxygens (including phenoxy) is 1. The third-order valence-electron chi connectivity index (χ3n) is 4.96. The molecule has 0 bridgehead atoms. The van der Waals surface area contributed by atoms with Crippen LogP contribution in [0.3, 0.4) is 0 Å². The molecule has 0 radical (unpaired) electrons. The molecule has 7 heteroatoms. The van der Waals surface area contributed by atoms with Gasteiger partial charge in [-0.1, -0.05) is 0 Å². The van der Waals surface area contributed by atoms with Crippen LogP contribution in [-0.4, -0.2) is 60.2 Å². The maximum Gasteiger partial charge on any atom is 0.272 e. The number of hydrogen-bond donors (Lipinski definition) is 1. The van der Waals surface area contributed by atoms with Crippen LogP contribution >= 0.6 is 0 Å². The number of carbonyl (C=O) groups is 1.